The molecule has 0 unspecified atom stereocenters. The highest BCUT2D eigenvalue weighted by Crippen LogP contribution is 2.17. The van der Waals surface area contributed by atoms with Crippen LogP contribution < -0.4 is 5.32 Å². The lowest BCUT2D eigenvalue weighted by molar-refractivity contribution is -0.132. The van der Waals surface area contributed by atoms with Crippen LogP contribution in [0.4, 0.5) is 0 Å². The Bertz CT molecular complexity index is 490. The van der Waals surface area contributed by atoms with Crippen molar-refractivity contribution >= 4 is 23.2 Å². The van der Waals surface area contributed by atoms with Crippen LogP contribution in [0.2, 0.25) is 0 Å². The van der Waals surface area contributed by atoms with Crippen LogP contribution in [0.15, 0.2) is 12.1 Å². The van der Waals surface area contributed by atoms with Crippen LogP contribution in [0, 0.1) is 6.92 Å². The molecule has 0 atom stereocenters. The summed E-state index contributed by atoms with van der Waals surface area (Å²) in [6, 6.07) is 4.03. The van der Waals surface area contributed by atoms with Crippen LogP contribution in [0.3, 0.4) is 0 Å². The van der Waals surface area contributed by atoms with E-state index < -0.39 is 0 Å². The first kappa shape index (κ1) is 16.0. The van der Waals surface area contributed by atoms with Crippen molar-refractivity contribution in [3.63, 3.8) is 0 Å². The van der Waals surface area contributed by atoms with Crippen LogP contribution in [-0.2, 0) is 4.79 Å². The molecule has 0 radical (unpaired) electrons. The molecule has 0 saturated carbocycles. The van der Waals surface area contributed by atoms with Gasteiger partial charge in [0.2, 0.25) is 5.91 Å². The van der Waals surface area contributed by atoms with E-state index in [-0.39, 0.29) is 17.9 Å². The van der Waals surface area contributed by atoms with E-state index in [9.17, 15) is 9.59 Å². The second-order valence-corrected chi connectivity index (χ2v) is 6.93. The highest BCUT2D eigenvalue weighted by Gasteiger charge is 2.24. The first-order valence-corrected chi connectivity index (χ1v) is 8.57. The Morgan fingerprint density at radius 1 is 1.33 bits per heavy atom. The van der Waals surface area contributed by atoms with Gasteiger partial charge in [-0.3, -0.25) is 9.59 Å². The Labute approximate surface area is 130 Å². The van der Waals surface area contributed by atoms with E-state index in [1.54, 1.807) is 0 Å². The number of aryl methyl sites for hydroxylation is 1. The summed E-state index contributed by atoms with van der Waals surface area (Å²) in [5, 5.41) is 3.08. The molecule has 2 heterocycles. The van der Waals surface area contributed by atoms with Crippen molar-refractivity contribution in [1.82, 2.24) is 10.2 Å². The lowest BCUT2D eigenvalue weighted by Gasteiger charge is -2.32. The summed E-state index contributed by atoms with van der Waals surface area (Å²) in [5.74, 6) is 0.277. The zero-order valence-corrected chi connectivity index (χ0v) is 13.7. The molecule has 0 aromatic carbocycles. The summed E-state index contributed by atoms with van der Waals surface area (Å²) in [6.07, 6.45) is 4.38. The van der Waals surface area contributed by atoms with E-state index in [1.165, 1.54) is 11.3 Å². The van der Waals surface area contributed by atoms with Gasteiger partial charge in [0.15, 0.2) is 0 Å². The molecule has 4 nitrogen and oxygen atoms in total. The number of hydrogen-bond donors (Lipinski definition) is 1. The summed E-state index contributed by atoms with van der Waals surface area (Å²) >= 11 is 1.52. The van der Waals surface area contributed by atoms with Crippen molar-refractivity contribution in [2.75, 3.05) is 13.1 Å². The van der Waals surface area contributed by atoms with Crippen molar-refractivity contribution in [3.05, 3.63) is 21.9 Å². The summed E-state index contributed by atoms with van der Waals surface area (Å²) in [5.41, 5.74) is 0. The molecule has 1 aromatic rings. The predicted octanol–water partition coefficient (Wildman–Crippen LogP) is 2.97. The number of amides is 2. The zero-order chi connectivity index (χ0) is 15.2. The SMILES string of the molecule is CCCCC(=O)N1CCC(NC(=O)c2ccc(C)s2)CC1. The molecule has 0 aliphatic carbocycles. The van der Waals surface area contributed by atoms with E-state index in [0.717, 1.165) is 48.5 Å². The molecular formula is C16H24N2O2S. The Kier molecular flexibility index (Phi) is 5.79. The van der Waals surface area contributed by atoms with Crippen LogP contribution in [-0.4, -0.2) is 35.8 Å². The fourth-order valence-corrected chi connectivity index (χ4v) is 3.34. The highest BCUT2D eigenvalue weighted by atomic mass is 32.1. The quantitative estimate of drug-likeness (QED) is 0.909. The van der Waals surface area contributed by atoms with Crippen LogP contribution in [0.5, 0.6) is 0 Å². The van der Waals surface area contributed by atoms with Gasteiger partial charge in [-0.1, -0.05) is 13.3 Å². The number of nitrogens with one attached hydrogen (secondary N) is 1. The number of carbonyl (C=O) groups excluding carboxylic acids is 2. The van der Waals surface area contributed by atoms with E-state index >= 15 is 0 Å². The molecule has 2 amide bonds. The van der Waals surface area contributed by atoms with Gasteiger partial charge in [-0.05, 0) is 38.3 Å². The molecule has 1 aliphatic rings. The Morgan fingerprint density at radius 2 is 2.05 bits per heavy atom. The van der Waals surface area contributed by atoms with Crippen molar-refractivity contribution in [2.24, 2.45) is 0 Å². The normalized spacial score (nSPS) is 16.0. The average molecular weight is 308 g/mol. The molecule has 1 aliphatic heterocycles. The third kappa shape index (κ3) is 4.56. The smallest absolute Gasteiger partial charge is 0.261 e. The number of rotatable bonds is 5. The molecule has 5 heteroatoms. The molecule has 1 aromatic heterocycles. The number of carbonyl (C=O) groups is 2. The monoisotopic (exact) mass is 308 g/mol. The molecule has 2 rings (SSSR count). The maximum Gasteiger partial charge on any atom is 0.261 e. The van der Waals surface area contributed by atoms with Crippen molar-refractivity contribution in [3.8, 4) is 0 Å². The van der Waals surface area contributed by atoms with Gasteiger partial charge in [-0.2, -0.15) is 0 Å². The van der Waals surface area contributed by atoms with Crippen molar-refractivity contribution in [1.29, 1.82) is 0 Å². The van der Waals surface area contributed by atoms with Gasteiger partial charge >= 0.3 is 0 Å². The third-order valence-electron chi connectivity index (χ3n) is 3.89. The van der Waals surface area contributed by atoms with E-state index in [1.807, 2.05) is 24.0 Å². The number of piperidine rings is 1. The maximum atomic E-state index is 12.1. The first-order chi connectivity index (χ1) is 10.1. The summed E-state index contributed by atoms with van der Waals surface area (Å²) in [4.78, 5) is 27.9. The number of hydrogen-bond acceptors (Lipinski definition) is 3. The molecule has 0 bridgehead atoms. The van der Waals surface area contributed by atoms with Crippen molar-refractivity contribution in [2.45, 2.75) is 52.0 Å². The lowest BCUT2D eigenvalue weighted by atomic mass is 10.0. The molecular weight excluding hydrogens is 284 g/mol. The lowest BCUT2D eigenvalue weighted by Crippen LogP contribution is -2.46. The zero-order valence-electron chi connectivity index (χ0n) is 12.9. The molecule has 116 valence electrons. The number of unbranched alkanes of at least 4 members (excludes halogenated alkanes) is 1. The second-order valence-electron chi connectivity index (χ2n) is 5.64. The van der Waals surface area contributed by atoms with Crippen LogP contribution in [0.25, 0.3) is 0 Å². The van der Waals surface area contributed by atoms with Gasteiger partial charge in [0.25, 0.3) is 5.91 Å². The molecule has 1 fully saturated rings. The second kappa shape index (κ2) is 7.59. The van der Waals surface area contributed by atoms with Crippen LogP contribution in [0.1, 0.15) is 53.6 Å². The average Bonchev–Trinajstić information content (AvgIpc) is 2.92. The highest BCUT2D eigenvalue weighted by molar-refractivity contribution is 7.13. The Hall–Kier alpha value is -1.36. The molecule has 21 heavy (non-hydrogen) atoms. The van der Waals surface area contributed by atoms with Crippen molar-refractivity contribution < 1.29 is 9.59 Å². The minimum atomic E-state index is 0.0175. The fraction of sp³-hybridized carbons (Fsp3) is 0.625. The number of thiophene rings is 1. The van der Waals surface area contributed by atoms with Gasteiger partial charge in [0.1, 0.15) is 0 Å². The van der Waals surface area contributed by atoms with Crippen LogP contribution >= 0.6 is 11.3 Å². The molecule has 1 saturated heterocycles. The number of nitrogens with zero attached hydrogens (tertiary/aromatic N) is 1. The van der Waals surface area contributed by atoms with E-state index in [2.05, 4.69) is 12.2 Å². The van der Waals surface area contributed by atoms with Gasteiger partial charge in [0.05, 0.1) is 4.88 Å². The third-order valence-corrected chi connectivity index (χ3v) is 4.89. The maximum absolute atomic E-state index is 12.1. The first-order valence-electron chi connectivity index (χ1n) is 7.75. The number of likely N-dealkylation sites (tertiary alicyclic amines) is 1. The summed E-state index contributed by atoms with van der Waals surface area (Å²) < 4.78 is 0. The molecule has 0 spiro atoms. The van der Waals surface area contributed by atoms with Gasteiger partial charge in [-0.15, -0.1) is 11.3 Å². The minimum absolute atomic E-state index is 0.0175. The Balaban J connectivity index is 1.76. The fourth-order valence-electron chi connectivity index (χ4n) is 2.57. The largest absolute Gasteiger partial charge is 0.348 e. The summed E-state index contributed by atoms with van der Waals surface area (Å²) in [6.45, 7) is 5.62. The van der Waals surface area contributed by atoms with Gasteiger partial charge < -0.3 is 10.2 Å². The van der Waals surface area contributed by atoms with E-state index in [0.29, 0.717) is 6.42 Å². The molecule has 1 N–H and O–H groups in total. The van der Waals surface area contributed by atoms with Gasteiger partial charge in [0, 0.05) is 30.4 Å². The summed E-state index contributed by atoms with van der Waals surface area (Å²) in [7, 11) is 0. The van der Waals surface area contributed by atoms with E-state index in [4.69, 9.17) is 0 Å². The Morgan fingerprint density at radius 3 is 2.62 bits per heavy atom. The standard InChI is InChI=1S/C16H24N2O2S/c1-3-4-5-15(19)18-10-8-13(9-11-18)17-16(20)14-7-6-12(2)21-14/h6-7,13H,3-5,8-11H2,1-2H3,(H,17,20). The van der Waals surface area contributed by atoms with Gasteiger partial charge in [-0.25, -0.2) is 0 Å². The predicted molar refractivity (Wildman–Crippen MR) is 85.6 cm³/mol. The minimum Gasteiger partial charge on any atom is -0.348 e. The topological polar surface area (TPSA) is 49.4 Å².